The molecule has 1 unspecified atom stereocenters. The van der Waals surface area contributed by atoms with Crippen LogP contribution in [0, 0.1) is 12.8 Å². The van der Waals surface area contributed by atoms with Crippen LogP contribution in [0.25, 0.3) is 0 Å². The second kappa shape index (κ2) is 5.00. The van der Waals surface area contributed by atoms with Crippen molar-refractivity contribution in [2.24, 2.45) is 13.0 Å². The maximum absolute atomic E-state index is 4.36. The first kappa shape index (κ1) is 11.6. The quantitative estimate of drug-likeness (QED) is 0.846. The lowest BCUT2D eigenvalue weighted by Gasteiger charge is -2.20. The molecule has 1 atom stereocenters. The van der Waals surface area contributed by atoms with E-state index in [-0.39, 0.29) is 0 Å². The van der Waals surface area contributed by atoms with Crippen molar-refractivity contribution in [1.29, 1.82) is 0 Å². The summed E-state index contributed by atoms with van der Waals surface area (Å²) < 4.78 is 1.90. The minimum Gasteiger partial charge on any atom is -0.310 e. The van der Waals surface area contributed by atoms with Gasteiger partial charge in [-0.05, 0) is 32.6 Å². The zero-order valence-corrected chi connectivity index (χ0v) is 10.7. The van der Waals surface area contributed by atoms with Gasteiger partial charge in [-0.2, -0.15) is 5.10 Å². The maximum atomic E-state index is 4.36. The minimum absolute atomic E-state index is 0.641. The Morgan fingerprint density at radius 1 is 1.50 bits per heavy atom. The van der Waals surface area contributed by atoms with Crippen LogP contribution in [0.3, 0.4) is 0 Å². The van der Waals surface area contributed by atoms with Crippen LogP contribution in [0.15, 0.2) is 6.20 Å². The highest BCUT2D eigenvalue weighted by Gasteiger charge is 2.21. The van der Waals surface area contributed by atoms with Crippen LogP contribution in [0.4, 0.5) is 0 Å². The van der Waals surface area contributed by atoms with Gasteiger partial charge in [-0.25, -0.2) is 0 Å². The van der Waals surface area contributed by atoms with E-state index < -0.39 is 0 Å². The van der Waals surface area contributed by atoms with E-state index in [1.807, 2.05) is 11.7 Å². The van der Waals surface area contributed by atoms with Gasteiger partial charge in [0.25, 0.3) is 0 Å². The lowest BCUT2D eigenvalue weighted by molar-refractivity contribution is 0.380. The Labute approximate surface area is 98.2 Å². The van der Waals surface area contributed by atoms with Gasteiger partial charge in [0.2, 0.25) is 0 Å². The topological polar surface area (TPSA) is 29.9 Å². The molecule has 0 radical (unpaired) electrons. The predicted octanol–water partition coefficient (Wildman–Crippen LogP) is 2.40. The van der Waals surface area contributed by atoms with Crippen molar-refractivity contribution < 1.29 is 0 Å². The van der Waals surface area contributed by atoms with Crippen LogP contribution in [-0.2, 0) is 13.6 Å². The van der Waals surface area contributed by atoms with Crippen LogP contribution in [-0.4, -0.2) is 15.8 Å². The van der Waals surface area contributed by atoms with E-state index in [0.717, 1.165) is 18.2 Å². The van der Waals surface area contributed by atoms with Crippen LogP contribution in [0.5, 0.6) is 0 Å². The van der Waals surface area contributed by atoms with Gasteiger partial charge in [-0.3, -0.25) is 4.68 Å². The molecule has 1 aromatic heterocycles. The van der Waals surface area contributed by atoms with Crippen LogP contribution in [0.1, 0.15) is 43.9 Å². The van der Waals surface area contributed by atoms with E-state index in [2.05, 4.69) is 30.5 Å². The fourth-order valence-electron chi connectivity index (χ4n) is 2.72. The number of nitrogens with zero attached hydrogens (tertiary/aromatic N) is 2. The SMILES string of the molecule is Cc1nn(C)cc1CNC(C)C1CCCC1. The summed E-state index contributed by atoms with van der Waals surface area (Å²) in [4.78, 5) is 0. The maximum Gasteiger partial charge on any atom is 0.0638 e. The van der Waals surface area contributed by atoms with E-state index in [1.54, 1.807) is 0 Å². The lowest BCUT2D eigenvalue weighted by atomic mass is 10.00. The monoisotopic (exact) mass is 221 g/mol. The Morgan fingerprint density at radius 2 is 2.19 bits per heavy atom. The van der Waals surface area contributed by atoms with Gasteiger partial charge >= 0.3 is 0 Å². The van der Waals surface area contributed by atoms with Crippen molar-refractivity contribution in [1.82, 2.24) is 15.1 Å². The molecule has 1 aliphatic carbocycles. The highest BCUT2D eigenvalue weighted by atomic mass is 15.2. The Balaban J connectivity index is 1.84. The van der Waals surface area contributed by atoms with Crippen molar-refractivity contribution in [2.45, 2.75) is 52.1 Å². The number of rotatable bonds is 4. The summed E-state index contributed by atoms with van der Waals surface area (Å²) in [6.07, 6.45) is 7.76. The van der Waals surface area contributed by atoms with Crippen molar-refractivity contribution in [3.8, 4) is 0 Å². The van der Waals surface area contributed by atoms with E-state index >= 15 is 0 Å². The third-order valence-electron chi connectivity index (χ3n) is 3.84. The van der Waals surface area contributed by atoms with Crippen LogP contribution in [0.2, 0.25) is 0 Å². The number of aromatic nitrogens is 2. The molecule has 0 aromatic carbocycles. The van der Waals surface area contributed by atoms with E-state index in [0.29, 0.717) is 6.04 Å². The molecule has 0 bridgehead atoms. The molecule has 3 heteroatoms. The third kappa shape index (κ3) is 2.64. The molecule has 16 heavy (non-hydrogen) atoms. The Bertz CT molecular complexity index is 337. The smallest absolute Gasteiger partial charge is 0.0638 e. The van der Waals surface area contributed by atoms with Gasteiger partial charge in [0.15, 0.2) is 0 Å². The zero-order chi connectivity index (χ0) is 11.5. The molecule has 90 valence electrons. The fourth-order valence-corrected chi connectivity index (χ4v) is 2.72. The molecule has 2 rings (SSSR count). The molecule has 0 amide bonds. The van der Waals surface area contributed by atoms with E-state index in [1.165, 1.54) is 31.2 Å². The molecular weight excluding hydrogens is 198 g/mol. The first-order valence-corrected chi connectivity index (χ1v) is 6.39. The molecule has 1 aliphatic rings. The van der Waals surface area contributed by atoms with Gasteiger partial charge in [0.05, 0.1) is 5.69 Å². The normalized spacial score (nSPS) is 19.2. The lowest BCUT2D eigenvalue weighted by Crippen LogP contribution is -2.31. The second-order valence-corrected chi connectivity index (χ2v) is 5.13. The molecule has 0 saturated heterocycles. The summed E-state index contributed by atoms with van der Waals surface area (Å²) in [6.45, 7) is 5.36. The standard InChI is InChI=1S/C13H23N3/c1-10(12-6-4-5-7-12)14-8-13-9-16(3)15-11(13)2/h9-10,12,14H,4-8H2,1-3H3. The van der Waals surface area contributed by atoms with Gasteiger partial charge in [-0.15, -0.1) is 0 Å². The van der Waals surface area contributed by atoms with Crippen molar-refractivity contribution >= 4 is 0 Å². The first-order valence-electron chi connectivity index (χ1n) is 6.39. The number of hydrogen-bond donors (Lipinski definition) is 1. The van der Waals surface area contributed by atoms with Crippen molar-refractivity contribution in [2.75, 3.05) is 0 Å². The van der Waals surface area contributed by atoms with Crippen LogP contribution >= 0.6 is 0 Å². The van der Waals surface area contributed by atoms with E-state index in [4.69, 9.17) is 0 Å². The Kier molecular flexibility index (Phi) is 3.64. The highest BCUT2D eigenvalue weighted by Crippen LogP contribution is 2.27. The number of aryl methyl sites for hydroxylation is 2. The molecule has 1 fully saturated rings. The molecule has 1 heterocycles. The van der Waals surface area contributed by atoms with Gasteiger partial charge in [0, 0.05) is 31.4 Å². The molecule has 0 aliphatic heterocycles. The largest absolute Gasteiger partial charge is 0.310 e. The summed E-state index contributed by atoms with van der Waals surface area (Å²) >= 11 is 0. The van der Waals surface area contributed by atoms with E-state index in [9.17, 15) is 0 Å². The van der Waals surface area contributed by atoms with Crippen molar-refractivity contribution in [3.05, 3.63) is 17.5 Å². The average Bonchev–Trinajstić information content (AvgIpc) is 2.84. The van der Waals surface area contributed by atoms with Crippen molar-refractivity contribution in [3.63, 3.8) is 0 Å². The first-order chi connectivity index (χ1) is 7.66. The molecule has 1 N–H and O–H groups in total. The Hall–Kier alpha value is -0.830. The fraction of sp³-hybridized carbons (Fsp3) is 0.769. The molecule has 1 saturated carbocycles. The Morgan fingerprint density at radius 3 is 2.75 bits per heavy atom. The average molecular weight is 221 g/mol. The predicted molar refractivity (Wildman–Crippen MR) is 66.2 cm³/mol. The number of nitrogens with one attached hydrogen (secondary N) is 1. The number of hydrogen-bond acceptors (Lipinski definition) is 2. The summed E-state index contributed by atoms with van der Waals surface area (Å²) in [6, 6.07) is 0.641. The molecular formula is C13H23N3. The molecule has 0 spiro atoms. The summed E-state index contributed by atoms with van der Waals surface area (Å²) in [5.41, 5.74) is 2.47. The second-order valence-electron chi connectivity index (χ2n) is 5.13. The van der Waals surface area contributed by atoms with Crippen LogP contribution < -0.4 is 5.32 Å². The van der Waals surface area contributed by atoms with Gasteiger partial charge in [-0.1, -0.05) is 12.8 Å². The summed E-state index contributed by atoms with van der Waals surface area (Å²) in [5, 5.41) is 8.00. The summed E-state index contributed by atoms with van der Waals surface area (Å²) in [5.74, 6) is 0.886. The third-order valence-corrected chi connectivity index (χ3v) is 3.84. The molecule has 1 aromatic rings. The minimum atomic E-state index is 0.641. The van der Waals surface area contributed by atoms with Gasteiger partial charge < -0.3 is 5.32 Å². The van der Waals surface area contributed by atoms with Gasteiger partial charge in [0.1, 0.15) is 0 Å². The molecule has 3 nitrogen and oxygen atoms in total. The zero-order valence-electron chi connectivity index (χ0n) is 10.7. The highest BCUT2D eigenvalue weighted by molar-refractivity contribution is 5.14. The summed E-state index contributed by atoms with van der Waals surface area (Å²) in [7, 11) is 1.98.